The molecule has 3 saturated carbocycles. The Bertz CT molecular complexity index is 760. The maximum Gasteiger partial charge on any atom is 0.303 e. The van der Waals surface area contributed by atoms with E-state index in [-0.39, 0.29) is 35.7 Å². The third kappa shape index (κ3) is 3.54. The first kappa shape index (κ1) is 20.6. The zero-order valence-corrected chi connectivity index (χ0v) is 17.6. The van der Waals surface area contributed by atoms with E-state index in [1.54, 1.807) is 0 Å². The molecule has 0 bridgehead atoms. The summed E-state index contributed by atoms with van der Waals surface area (Å²) < 4.78 is 0. The molecule has 29 heavy (non-hydrogen) atoms. The summed E-state index contributed by atoms with van der Waals surface area (Å²) in [5, 5.41) is 23.3. The predicted molar refractivity (Wildman–Crippen MR) is 110 cm³/mol. The highest BCUT2D eigenvalue weighted by molar-refractivity contribution is 5.93. The number of aliphatic hydroxyl groups is 1. The lowest BCUT2D eigenvalue weighted by Gasteiger charge is -2.57. The van der Waals surface area contributed by atoms with E-state index in [2.05, 4.69) is 30.5 Å². The van der Waals surface area contributed by atoms with Crippen molar-refractivity contribution in [2.24, 2.45) is 33.7 Å². The van der Waals surface area contributed by atoms with Crippen LogP contribution in [-0.2, 0) is 9.59 Å². The zero-order valence-electron chi connectivity index (χ0n) is 17.6. The van der Waals surface area contributed by atoms with Gasteiger partial charge in [-0.3, -0.25) is 9.59 Å². The molecule has 6 unspecified atom stereocenters. The number of allylic oxidation sites excluding steroid dienone is 1. The molecule has 0 heterocycles. The van der Waals surface area contributed by atoms with Gasteiger partial charge in [0.05, 0.1) is 12.5 Å². The van der Waals surface area contributed by atoms with Gasteiger partial charge in [0, 0.05) is 17.5 Å². The van der Waals surface area contributed by atoms with Crippen LogP contribution in [0.5, 0.6) is 0 Å². The standard InChI is InChI=1S/C23H34N2O4/c1-22-11-9-15(26)13-14(22)3-4-16-17-5-6-19(23(17,2)12-10-18(16)22)24-25-20(27)7-8-21(28)29/h3,15-18,26H,4-13H2,1-2H3,(H,25,27)(H,28,29). The van der Waals surface area contributed by atoms with Gasteiger partial charge < -0.3 is 10.2 Å². The fourth-order valence-electron chi connectivity index (χ4n) is 7.02. The molecule has 0 spiro atoms. The van der Waals surface area contributed by atoms with Gasteiger partial charge in [0.25, 0.3) is 0 Å². The number of nitrogens with zero attached hydrogens (tertiary/aromatic N) is 1. The molecule has 4 aliphatic carbocycles. The number of hydrogen-bond acceptors (Lipinski definition) is 4. The molecular formula is C23H34N2O4. The Morgan fingerprint density at radius 1 is 1.14 bits per heavy atom. The van der Waals surface area contributed by atoms with Gasteiger partial charge in [-0.1, -0.05) is 25.5 Å². The lowest BCUT2D eigenvalue weighted by Crippen LogP contribution is -2.50. The van der Waals surface area contributed by atoms with Gasteiger partial charge in [-0.15, -0.1) is 0 Å². The minimum atomic E-state index is -0.965. The average Bonchev–Trinajstić information content (AvgIpc) is 3.01. The maximum atomic E-state index is 11.9. The average molecular weight is 403 g/mol. The molecule has 160 valence electrons. The van der Waals surface area contributed by atoms with Gasteiger partial charge >= 0.3 is 5.97 Å². The van der Waals surface area contributed by atoms with Crippen LogP contribution in [0.2, 0.25) is 0 Å². The maximum absolute atomic E-state index is 11.9. The topological polar surface area (TPSA) is 99.0 Å². The van der Waals surface area contributed by atoms with Gasteiger partial charge in [-0.2, -0.15) is 5.10 Å². The zero-order chi connectivity index (χ0) is 20.8. The summed E-state index contributed by atoms with van der Waals surface area (Å²) in [6.45, 7) is 4.74. The van der Waals surface area contributed by atoms with Crippen molar-refractivity contribution in [1.29, 1.82) is 0 Å². The van der Waals surface area contributed by atoms with E-state index < -0.39 is 5.97 Å². The highest BCUT2D eigenvalue weighted by Crippen LogP contribution is 2.64. The largest absolute Gasteiger partial charge is 0.481 e. The summed E-state index contributed by atoms with van der Waals surface area (Å²) in [5.74, 6) is 0.620. The highest BCUT2D eigenvalue weighted by atomic mass is 16.4. The smallest absolute Gasteiger partial charge is 0.303 e. The second kappa shape index (κ2) is 7.53. The van der Waals surface area contributed by atoms with Crippen LogP contribution in [0.25, 0.3) is 0 Å². The van der Waals surface area contributed by atoms with E-state index in [0.29, 0.717) is 17.8 Å². The van der Waals surface area contributed by atoms with E-state index >= 15 is 0 Å². The van der Waals surface area contributed by atoms with Gasteiger partial charge in [0.2, 0.25) is 5.91 Å². The summed E-state index contributed by atoms with van der Waals surface area (Å²) in [6.07, 6.45) is 10.3. The number of aliphatic carboxylic acids is 1. The van der Waals surface area contributed by atoms with Crippen LogP contribution in [0.1, 0.15) is 78.1 Å². The molecule has 4 aliphatic rings. The Morgan fingerprint density at radius 2 is 1.86 bits per heavy atom. The normalized spacial score (nSPS) is 42.4. The van der Waals surface area contributed by atoms with Crippen LogP contribution in [0.4, 0.5) is 0 Å². The molecule has 0 aliphatic heterocycles. The Labute approximate surface area is 172 Å². The molecule has 1 amide bonds. The van der Waals surface area contributed by atoms with Gasteiger partial charge in [0.1, 0.15) is 0 Å². The number of hydrogen-bond donors (Lipinski definition) is 3. The van der Waals surface area contributed by atoms with Gasteiger partial charge in [0.15, 0.2) is 0 Å². The Morgan fingerprint density at radius 3 is 2.62 bits per heavy atom. The van der Waals surface area contributed by atoms with Gasteiger partial charge in [-0.25, -0.2) is 5.43 Å². The van der Waals surface area contributed by atoms with Crippen molar-refractivity contribution in [3.8, 4) is 0 Å². The van der Waals surface area contributed by atoms with Gasteiger partial charge in [-0.05, 0) is 74.5 Å². The molecule has 0 radical (unpaired) electrons. The van der Waals surface area contributed by atoms with E-state index in [1.165, 1.54) is 12.0 Å². The van der Waals surface area contributed by atoms with Crippen LogP contribution < -0.4 is 5.43 Å². The number of carboxylic acids is 1. The fourth-order valence-corrected chi connectivity index (χ4v) is 7.02. The minimum Gasteiger partial charge on any atom is -0.481 e. The number of carboxylic acid groups (broad SMARTS) is 1. The molecule has 6 nitrogen and oxygen atoms in total. The number of rotatable bonds is 4. The molecule has 0 aromatic rings. The summed E-state index contributed by atoms with van der Waals surface area (Å²) in [5.41, 5.74) is 5.44. The third-order valence-corrected chi connectivity index (χ3v) is 8.70. The Balaban J connectivity index is 1.49. The van der Waals surface area contributed by atoms with E-state index in [0.717, 1.165) is 50.7 Å². The SMILES string of the molecule is CC12CCC(O)CC1=CCC1C2CCC2(C)C(=NNC(=O)CCC(=O)O)CCC12. The van der Waals surface area contributed by atoms with Crippen LogP contribution in [0.15, 0.2) is 16.8 Å². The molecule has 3 fully saturated rings. The molecule has 6 atom stereocenters. The molecule has 0 aromatic heterocycles. The summed E-state index contributed by atoms with van der Waals surface area (Å²) in [6, 6.07) is 0. The quantitative estimate of drug-likeness (QED) is 0.494. The summed E-state index contributed by atoms with van der Waals surface area (Å²) >= 11 is 0. The molecular weight excluding hydrogens is 368 g/mol. The second-order valence-corrected chi connectivity index (χ2v) is 10.1. The Hall–Kier alpha value is -1.69. The van der Waals surface area contributed by atoms with Crippen molar-refractivity contribution in [3.05, 3.63) is 11.6 Å². The van der Waals surface area contributed by atoms with Crippen molar-refractivity contribution in [3.63, 3.8) is 0 Å². The third-order valence-electron chi connectivity index (χ3n) is 8.70. The molecule has 4 rings (SSSR count). The van der Waals surface area contributed by atoms with Crippen molar-refractivity contribution in [2.75, 3.05) is 0 Å². The molecule has 6 heteroatoms. The van der Waals surface area contributed by atoms with Crippen molar-refractivity contribution in [2.45, 2.75) is 84.2 Å². The van der Waals surface area contributed by atoms with Crippen LogP contribution >= 0.6 is 0 Å². The first-order valence-electron chi connectivity index (χ1n) is 11.2. The number of hydrazone groups is 1. The first-order valence-corrected chi connectivity index (χ1v) is 11.2. The van der Waals surface area contributed by atoms with E-state index in [9.17, 15) is 14.7 Å². The lowest BCUT2D eigenvalue weighted by molar-refractivity contribution is -0.138. The van der Waals surface area contributed by atoms with Crippen LogP contribution in [-0.4, -0.2) is 33.9 Å². The minimum absolute atomic E-state index is 0.0249. The number of carbonyl (C=O) groups excluding carboxylic acids is 1. The van der Waals surface area contributed by atoms with E-state index in [1.807, 2.05) is 0 Å². The van der Waals surface area contributed by atoms with Crippen LogP contribution in [0.3, 0.4) is 0 Å². The van der Waals surface area contributed by atoms with Crippen LogP contribution in [0, 0.1) is 28.6 Å². The molecule has 0 aromatic carbocycles. The predicted octanol–water partition coefficient (Wildman–Crippen LogP) is 3.65. The Kier molecular flexibility index (Phi) is 5.34. The second-order valence-electron chi connectivity index (χ2n) is 10.1. The van der Waals surface area contributed by atoms with Crippen molar-refractivity contribution >= 4 is 17.6 Å². The molecule has 0 saturated heterocycles. The van der Waals surface area contributed by atoms with Crippen molar-refractivity contribution in [1.82, 2.24) is 5.43 Å². The lowest BCUT2D eigenvalue weighted by atomic mass is 9.48. The van der Waals surface area contributed by atoms with Crippen molar-refractivity contribution < 1.29 is 19.8 Å². The number of amides is 1. The number of nitrogens with one attached hydrogen (secondary N) is 1. The first-order chi connectivity index (χ1) is 13.7. The number of fused-ring (bicyclic) bond motifs is 5. The highest BCUT2D eigenvalue weighted by Gasteiger charge is 2.57. The number of aliphatic hydroxyl groups excluding tert-OH is 1. The summed E-state index contributed by atoms with van der Waals surface area (Å²) in [7, 11) is 0. The molecule has 3 N–H and O–H groups in total. The fraction of sp³-hybridized carbons (Fsp3) is 0.783. The monoisotopic (exact) mass is 402 g/mol. The number of carbonyl (C=O) groups is 2. The van der Waals surface area contributed by atoms with E-state index in [4.69, 9.17) is 5.11 Å². The summed E-state index contributed by atoms with van der Waals surface area (Å²) in [4.78, 5) is 22.6.